The highest BCUT2D eigenvalue weighted by atomic mass is 15.2. The van der Waals surface area contributed by atoms with E-state index in [0.29, 0.717) is 6.04 Å². The van der Waals surface area contributed by atoms with Crippen LogP contribution in [0.2, 0.25) is 0 Å². The molecule has 2 rings (SSSR count). The van der Waals surface area contributed by atoms with Gasteiger partial charge in [0.05, 0.1) is 11.6 Å². The predicted molar refractivity (Wildman–Crippen MR) is 59.9 cm³/mol. The lowest BCUT2D eigenvalue weighted by Crippen LogP contribution is -2.41. The van der Waals surface area contributed by atoms with Crippen molar-refractivity contribution in [3.8, 4) is 6.07 Å². The van der Waals surface area contributed by atoms with E-state index in [4.69, 9.17) is 11.0 Å². The summed E-state index contributed by atoms with van der Waals surface area (Å²) < 4.78 is 0. The normalized spacial score (nSPS) is 29.5. The molecule has 0 bridgehead atoms. The first kappa shape index (κ1) is 10.5. The van der Waals surface area contributed by atoms with Gasteiger partial charge in [-0.25, -0.2) is 0 Å². The second-order valence-electron chi connectivity index (χ2n) is 4.69. The summed E-state index contributed by atoms with van der Waals surface area (Å²) in [7, 11) is 0. The van der Waals surface area contributed by atoms with E-state index >= 15 is 0 Å². The molecule has 3 heteroatoms. The van der Waals surface area contributed by atoms with Crippen LogP contribution in [0.1, 0.15) is 39.0 Å². The highest BCUT2D eigenvalue weighted by Crippen LogP contribution is 2.30. The molecule has 1 fully saturated rings. The van der Waals surface area contributed by atoms with Crippen molar-refractivity contribution in [3.05, 3.63) is 11.3 Å². The SMILES string of the molecule is CC1C(N)=C(C#N)CN1C1CCCCC1. The standard InChI is InChI=1S/C12H19N3/c1-9-12(14)10(7-13)8-15(9)11-5-3-2-4-6-11/h9,11H,2-6,8,14H2,1H3. The van der Waals surface area contributed by atoms with Gasteiger partial charge < -0.3 is 5.73 Å². The van der Waals surface area contributed by atoms with Gasteiger partial charge in [-0.3, -0.25) is 4.90 Å². The largest absolute Gasteiger partial charge is 0.400 e. The van der Waals surface area contributed by atoms with Crippen LogP contribution in [0.3, 0.4) is 0 Å². The molecule has 15 heavy (non-hydrogen) atoms. The summed E-state index contributed by atoms with van der Waals surface area (Å²) in [6.45, 7) is 2.89. The zero-order valence-corrected chi connectivity index (χ0v) is 9.37. The Hall–Kier alpha value is -1.01. The van der Waals surface area contributed by atoms with Crippen LogP contribution in [0.15, 0.2) is 11.3 Å². The first-order valence-corrected chi connectivity index (χ1v) is 5.88. The number of rotatable bonds is 1. The van der Waals surface area contributed by atoms with Crippen LogP contribution in [0.4, 0.5) is 0 Å². The predicted octanol–water partition coefficient (Wildman–Crippen LogP) is 1.76. The van der Waals surface area contributed by atoms with Gasteiger partial charge in [0, 0.05) is 24.3 Å². The van der Waals surface area contributed by atoms with Gasteiger partial charge in [0.1, 0.15) is 0 Å². The van der Waals surface area contributed by atoms with E-state index in [9.17, 15) is 0 Å². The molecule has 0 saturated heterocycles. The minimum Gasteiger partial charge on any atom is -0.400 e. The zero-order valence-electron chi connectivity index (χ0n) is 9.37. The summed E-state index contributed by atoms with van der Waals surface area (Å²) in [5, 5.41) is 8.96. The topological polar surface area (TPSA) is 53.1 Å². The van der Waals surface area contributed by atoms with Gasteiger partial charge in [-0.2, -0.15) is 5.26 Å². The highest BCUT2D eigenvalue weighted by molar-refractivity contribution is 5.35. The molecule has 0 radical (unpaired) electrons. The Kier molecular flexibility index (Phi) is 2.97. The molecule has 3 nitrogen and oxygen atoms in total. The van der Waals surface area contributed by atoms with E-state index in [1.54, 1.807) is 0 Å². The van der Waals surface area contributed by atoms with Crippen LogP contribution >= 0.6 is 0 Å². The van der Waals surface area contributed by atoms with Crippen molar-refractivity contribution in [3.63, 3.8) is 0 Å². The lowest BCUT2D eigenvalue weighted by molar-refractivity contribution is 0.155. The van der Waals surface area contributed by atoms with Crippen molar-refractivity contribution >= 4 is 0 Å². The Morgan fingerprint density at radius 2 is 2.00 bits per heavy atom. The van der Waals surface area contributed by atoms with Crippen LogP contribution in [0, 0.1) is 11.3 Å². The maximum absolute atomic E-state index is 8.96. The van der Waals surface area contributed by atoms with Crippen molar-refractivity contribution in [2.45, 2.75) is 51.1 Å². The third-order valence-electron chi connectivity index (χ3n) is 3.82. The molecule has 2 N–H and O–H groups in total. The van der Waals surface area contributed by atoms with Crippen LogP contribution in [-0.2, 0) is 0 Å². The van der Waals surface area contributed by atoms with Gasteiger partial charge in [0.25, 0.3) is 0 Å². The Bertz CT molecular complexity index is 307. The highest BCUT2D eigenvalue weighted by Gasteiger charge is 2.33. The van der Waals surface area contributed by atoms with Gasteiger partial charge in [-0.1, -0.05) is 19.3 Å². The molecule has 1 aliphatic heterocycles. The summed E-state index contributed by atoms with van der Waals surface area (Å²) in [5.41, 5.74) is 7.53. The van der Waals surface area contributed by atoms with Crippen LogP contribution < -0.4 is 5.73 Å². The number of nitriles is 1. The van der Waals surface area contributed by atoms with Gasteiger partial charge in [-0.05, 0) is 19.8 Å². The first-order valence-electron chi connectivity index (χ1n) is 5.88. The quantitative estimate of drug-likeness (QED) is 0.709. The molecular weight excluding hydrogens is 186 g/mol. The zero-order chi connectivity index (χ0) is 10.8. The van der Waals surface area contributed by atoms with Crippen molar-refractivity contribution in [2.75, 3.05) is 6.54 Å². The molecule has 0 spiro atoms. The third-order valence-corrected chi connectivity index (χ3v) is 3.82. The monoisotopic (exact) mass is 205 g/mol. The minimum absolute atomic E-state index is 0.266. The number of nitrogens with zero attached hydrogens (tertiary/aromatic N) is 2. The van der Waals surface area contributed by atoms with Crippen LogP contribution in [0.25, 0.3) is 0 Å². The molecule has 1 unspecified atom stereocenters. The van der Waals surface area contributed by atoms with E-state index < -0.39 is 0 Å². The lowest BCUT2D eigenvalue weighted by Gasteiger charge is -2.34. The average Bonchev–Trinajstić information content (AvgIpc) is 2.57. The van der Waals surface area contributed by atoms with Crippen molar-refractivity contribution in [2.24, 2.45) is 5.73 Å². The molecule has 1 heterocycles. The number of hydrogen-bond donors (Lipinski definition) is 1. The second-order valence-corrected chi connectivity index (χ2v) is 4.69. The first-order chi connectivity index (χ1) is 7.24. The van der Waals surface area contributed by atoms with Crippen molar-refractivity contribution < 1.29 is 0 Å². The fraction of sp³-hybridized carbons (Fsp3) is 0.750. The number of hydrogen-bond acceptors (Lipinski definition) is 3. The summed E-state index contributed by atoms with van der Waals surface area (Å²) in [4.78, 5) is 2.41. The molecule has 2 aliphatic rings. The van der Waals surface area contributed by atoms with Gasteiger partial charge in [-0.15, -0.1) is 0 Å². The third kappa shape index (κ3) is 1.87. The van der Waals surface area contributed by atoms with Crippen LogP contribution in [-0.4, -0.2) is 23.5 Å². The molecule has 1 saturated carbocycles. The lowest BCUT2D eigenvalue weighted by atomic mass is 9.94. The maximum atomic E-state index is 8.96. The minimum atomic E-state index is 0.266. The fourth-order valence-corrected chi connectivity index (χ4v) is 2.80. The molecule has 1 aliphatic carbocycles. The van der Waals surface area contributed by atoms with Crippen molar-refractivity contribution in [1.82, 2.24) is 4.90 Å². The number of nitrogens with two attached hydrogens (primary N) is 1. The molecule has 0 aromatic carbocycles. The summed E-state index contributed by atoms with van der Waals surface area (Å²) >= 11 is 0. The van der Waals surface area contributed by atoms with E-state index in [2.05, 4.69) is 17.9 Å². The molecule has 0 aromatic rings. The maximum Gasteiger partial charge on any atom is 0.0979 e. The fourth-order valence-electron chi connectivity index (χ4n) is 2.80. The van der Waals surface area contributed by atoms with Crippen LogP contribution in [0.5, 0.6) is 0 Å². The molecule has 0 aromatic heterocycles. The Morgan fingerprint density at radius 3 is 2.53 bits per heavy atom. The van der Waals surface area contributed by atoms with Gasteiger partial charge >= 0.3 is 0 Å². The van der Waals surface area contributed by atoms with E-state index in [1.807, 2.05) is 0 Å². The Labute approximate surface area is 91.5 Å². The smallest absolute Gasteiger partial charge is 0.0979 e. The Balaban J connectivity index is 2.05. The molecule has 1 atom stereocenters. The summed E-state index contributed by atoms with van der Waals surface area (Å²) in [6.07, 6.45) is 6.57. The molecular formula is C12H19N3. The van der Waals surface area contributed by atoms with Crippen molar-refractivity contribution in [1.29, 1.82) is 5.26 Å². The second kappa shape index (κ2) is 4.24. The molecule has 0 amide bonds. The Morgan fingerprint density at radius 1 is 1.33 bits per heavy atom. The average molecular weight is 205 g/mol. The van der Waals surface area contributed by atoms with E-state index in [-0.39, 0.29) is 6.04 Å². The van der Waals surface area contributed by atoms with Gasteiger partial charge in [0.15, 0.2) is 0 Å². The molecule has 82 valence electrons. The van der Waals surface area contributed by atoms with E-state index in [1.165, 1.54) is 32.1 Å². The van der Waals surface area contributed by atoms with Gasteiger partial charge in [0.2, 0.25) is 0 Å². The summed E-state index contributed by atoms with van der Waals surface area (Å²) in [5.74, 6) is 0. The summed E-state index contributed by atoms with van der Waals surface area (Å²) in [6, 6.07) is 3.14. The van der Waals surface area contributed by atoms with E-state index in [0.717, 1.165) is 17.8 Å².